The Kier molecular flexibility index (Phi) is 4.72. The Bertz CT molecular complexity index is 995. The highest BCUT2D eigenvalue weighted by Crippen LogP contribution is 2.34. The molecule has 2 aromatic carbocycles. The number of carbonyl (C=O) groups is 1. The van der Waals surface area contributed by atoms with E-state index in [-0.39, 0.29) is 0 Å². The molecule has 0 atom stereocenters. The lowest BCUT2D eigenvalue weighted by atomic mass is 10.0. The molecule has 0 saturated heterocycles. The Hall–Kier alpha value is -2.63. The van der Waals surface area contributed by atoms with Crippen molar-refractivity contribution < 1.29 is 9.90 Å². The highest BCUT2D eigenvalue weighted by molar-refractivity contribution is 6.33. The summed E-state index contributed by atoms with van der Waals surface area (Å²) in [5, 5.41) is 14.7. The average Bonchev–Trinajstić information content (AvgIpc) is 3.00. The second-order valence-electron chi connectivity index (χ2n) is 6.90. The molecule has 3 aromatic rings. The zero-order chi connectivity index (χ0) is 19.0. The molecule has 0 bridgehead atoms. The summed E-state index contributed by atoms with van der Waals surface area (Å²) in [7, 11) is 2.11. The fourth-order valence-corrected chi connectivity index (χ4v) is 3.78. The smallest absolute Gasteiger partial charge is 0.335 e. The monoisotopic (exact) mass is 381 g/mol. The van der Waals surface area contributed by atoms with Gasteiger partial charge < -0.3 is 10.0 Å². The standard InChI is InChI=1S/C21H20ClN3O2/c1-24-11-10-19-17(13-24)20(16-4-2-3-5-18(16)22)23-25(19)12-14-6-8-15(9-7-14)21(26)27/h2-9H,10-13H2,1H3,(H,26,27). The first-order chi connectivity index (χ1) is 13.0. The lowest BCUT2D eigenvalue weighted by molar-refractivity contribution is 0.0697. The molecule has 138 valence electrons. The normalized spacial score (nSPS) is 14.1. The van der Waals surface area contributed by atoms with Crippen molar-refractivity contribution >= 4 is 17.6 Å². The van der Waals surface area contributed by atoms with Crippen molar-refractivity contribution in [3.05, 3.63) is 75.9 Å². The summed E-state index contributed by atoms with van der Waals surface area (Å²) in [5.41, 5.74) is 5.65. The van der Waals surface area contributed by atoms with Crippen LogP contribution >= 0.6 is 11.6 Å². The largest absolute Gasteiger partial charge is 0.478 e. The quantitative estimate of drug-likeness (QED) is 0.743. The van der Waals surface area contributed by atoms with Crippen molar-refractivity contribution in [2.75, 3.05) is 13.6 Å². The predicted molar refractivity (Wildman–Crippen MR) is 105 cm³/mol. The molecule has 1 aliphatic rings. The van der Waals surface area contributed by atoms with Gasteiger partial charge in [-0.1, -0.05) is 41.9 Å². The number of hydrogen-bond donors (Lipinski definition) is 1. The molecule has 0 unspecified atom stereocenters. The minimum absolute atomic E-state index is 0.291. The Balaban J connectivity index is 1.74. The Morgan fingerprint density at radius 1 is 1.19 bits per heavy atom. The number of aromatic nitrogens is 2. The third-order valence-electron chi connectivity index (χ3n) is 4.99. The number of aromatic carboxylic acids is 1. The number of benzene rings is 2. The lowest BCUT2D eigenvalue weighted by Gasteiger charge is -2.23. The van der Waals surface area contributed by atoms with Crippen molar-refractivity contribution in [2.24, 2.45) is 0 Å². The molecule has 2 heterocycles. The second kappa shape index (κ2) is 7.18. The van der Waals surface area contributed by atoms with Gasteiger partial charge in [-0.15, -0.1) is 0 Å². The van der Waals surface area contributed by atoms with Crippen LogP contribution in [0, 0.1) is 0 Å². The van der Waals surface area contributed by atoms with Crippen molar-refractivity contribution in [3.8, 4) is 11.3 Å². The average molecular weight is 382 g/mol. The fraction of sp³-hybridized carbons (Fsp3) is 0.238. The predicted octanol–water partition coefficient (Wildman–Crippen LogP) is 3.94. The van der Waals surface area contributed by atoms with Crippen LogP contribution in [0.15, 0.2) is 48.5 Å². The molecular formula is C21H20ClN3O2. The summed E-state index contributed by atoms with van der Waals surface area (Å²) < 4.78 is 2.04. The van der Waals surface area contributed by atoms with Crippen molar-refractivity contribution in [1.29, 1.82) is 0 Å². The highest BCUT2D eigenvalue weighted by atomic mass is 35.5. The van der Waals surface area contributed by atoms with Gasteiger partial charge in [0, 0.05) is 36.3 Å². The molecule has 4 rings (SSSR count). The number of hydrogen-bond acceptors (Lipinski definition) is 3. The summed E-state index contributed by atoms with van der Waals surface area (Å²) in [6.07, 6.45) is 0.927. The van der Waals surface area contributed by atoms with Crippen LogP contribution in [-0.2, 0) is 19.5 Å². The van der Waals surface area contributed by atoms with Crippen LogP contribution in [0.2, 0.25) is 5.02 Å². The van der Waals surface area contributed by atoms with Crippen molar-refractivity contribution in [3.63, 3.8) is 0 Å². The van der Waals surface area contributed by atoms with E-state index in [2.05, 4.69) is 11.9 Å². The first-order valence-electron chi connectivity index (χ1n) is 8.87. The summed E-state index contributed by atoms with van der Waals surface area (Å²) in [5.74, 6) is -0.915. The molecule has 0 amide bonds. The maximum atomic E-state index is 11.1. The third-order valence-corrected chi connectivity index (χ3v) is 5.32. The molecule has 1 N–H and O–H groups in total. The highest BCUT2D eigenvalue weighted by Gasteiger charge is 2.25. The number of fused-ring (bicyclic) bond motifs is 1. The van der Waals surface area contributed by atoms with E-state index in [1.165, 1.54) is 11.3 Å². The van der Waals surface area contributed by atoms with Crippen LogP contribution in [0.4, 0.5) is 0 Å². The van der Waals surface area contributed by atoms with Crippen LogP contribution < -0.4 is 0 Å². The minimum atomic E-state index is -0.915. The molecule has 0 radical (unpaired) electrons. The van der Waals surface area contributed by atoms with E-state index < -0.39 is 5.97 Å². The van der Waals surface area contributed by atoms with Gasteiger partial charge in [-0.25, -0.2) is 4.79 Å². The van der Waals surface area contributed by atoms with E-state index in [1.54, 1.807) is 12.1 Å². The number of likely N-dealkylation sites (N-methyl/N-ethyl adjacent to an activating group) is 1. The molecular weight excluding hydrogens is 362 g/mol. The Morgan fingerprint density at radius 2 is 1.93 bits per heavy atom. The number of nitrogens with zero attached hydrogens (tertiary/aromatic N) is 3. The van der Waals surface area contributed by atoms with Crippen LogP contribution in [0.3, 0.4) is 0 Å². The first-order valence-corrected chi connectivity index (χ1v) is 9.25. The molecule has 0 spiro atoms. The lowest BCUT2D eigenvalue weighted by Crippen LogP contribution is -2.27. The molecule has 0 fully saturated rings. The van der Waals surface area contributed by atoms with E-state index in [1.807, 2.05) is 41.1 Å². The van der Waals surface area contributed by atoms with Gasteiger partial charge in [-0.2, -0.15) is 5.10 Å². The maximum Gasteiger partial charge on any atom is 0.335 e. The SMILES string of the molecule is CN1CCc2c(c(-c3ccccc3Cl)nn2Cc2ccc(C(=O)O)cc2)C1. The van der Waals surface area contributed by atoms with E-state index in [0.717, 1.165) is 36.3 Å². The van der Waals surface area contributed by atoms with E-state index >= 15 is 0 Å². The van der Waals surface area contributed by atoms with Crippen molar-refractivity contribution in [2.45, 2.75) is 19.5 Å². The molecule has 27 heavy (non-hydrogen) atoms. The number of rotatable bonds is 4. The van der Waals surface area contributed by atoms with Gasteiger partial charge in [-0.3, -0.25) is 4.68 Å². The second-order valence-corrected chi connectivity index (χ2v) is 7.31. The molecule has 0 saturated carbocycles. The Morgan fingerprint density at radius 3 is 2.63 bits per heavy atom. The van der Waals surface area contributed by atoms with Crippen LogP contribution in [0.25, 0.3) is 11.3 Å². The van der Waals surface area contributed by atoms with Crippen LogP contribution in [0.1, 0.15) is 27.2 Å². The van der Waals surface area contributed by atoms with E-state index in [0.29, 0.717) is 17.1 Å². The molecule has 1 aliphatic heterocycles. The summed E-state index contributed by atoms with van der Waals surface area (Å²) in [6.45, 7) is 2.43. The van der Waals surface area contributed by atoms with E-state index in [9.17, 15) is 4.79 Å². The zero-order valence-corrected chi connectivity index (χ0v) is 15.8. The molecule has 5 nitrogen and oxygen atoms in total. The summed E-state index contributed by atoms with van der Waals surface area (Å²) >= 11 is 6.44. The van der Waals surface area contributed by atoms with Gasteiger partial charge in [0.1, 0.15) is 0 Å². The Labute approximate surface area is 162 Å². The minimum Gasteiger partial charge on any atom is -0.478 e. The van der Waals surface area contributed by atoms with Gasteiger partial charge in [0.15, 0.2) is 0 Å². The first kappa shape index (κ1) is 17.8. The topological polar surface area (TPSA) is 58.4 Å². The van der Waals surface area contributed by atoms with Gasteiger partial charge >= 0.3 is 5.97 Å². The van der Waals surface area contributed by atoms with E-state index in [4.69, 9.17) is 21.8 Å². The fourth-order valence-electron chi connectivity index (χ4n) is 3.55. The van der Waals surface area contributed by atoms with Gasteiger partial charge in [0.05, 0.1) is 22.8 Å². The number of carboxylic acid groups (broad SMARTS) is 1. The van der Waals surface area contributed by atoms with Crippen LogP contribution in [0.5, 0.6) is 0 Å². The van der Waals surface area contributed by atoms with Gasteiger partial charge in [0.25, 0.3) is 0 Å². The number of carboxylic acids is 1. The third kappa shape index (κ3) is 3.48. The maximum absolute atomic E-state index is 11.1. The summed E-state index contributed by atoms with van der Waals surface area (Å²) in [4.78, 5) is 13.3. The molecule has 1 aromatic heterocycles. The van der Waals surface area contributed by atoms with Crippen molar-refractivity contribution in [1.82, 2.24) is 14.7 Å². The van der Waals surface area contributed by atoms with Gasteiger partial charge in [-0.05, 0) is 30.8 Å². The number of halogens is 1. The molecule has 0 aliphatic carbocycles. The molecule has 6 heteroatoms. The summed E-state index contributed by atoms with van der Waals surface area (Å²) in [6, 6.07) is 14.8. The van der Waals surface area contributed by atoms with Crippen LogP contribution in [-0.4, -0.2) is 39.3 Å². The zero-order valence-electron chi connectivity index (χ0n) is 15.0. The van der Waals surface area contributed by atoms with Gasteiger partial charge in [0.2, 0.25) is 0 Å².